The summed E-state index contributed by atoms with van der Waals surface area (Å²) in [5, 5.41) is 3.45. The molecular weight excluding hydrogens is 256 g/mol. The van der Waals surface area contributed by atoms with E-state index >= 15 is 0 Å². The summed E-state index contributed by atoms with van der Waals surface area (Å²) in [4.78, 5) is 4.43. The summed E-state index contributed by atoms with van der Waals surface area (Å²) in [6, 6.07) is 14.5. The van der Waals surface area contributed by atoms with Crippen LogP contribution in [0.4, 0.5) is 5.82 Å². The molecule has 2 rings (SSSR count). The molecule has 0 aliphatic carbocycles. The molecule has 1 heterocycles. The first-order valence-corrected chi connectivity index (χ1v) is 7.25. The molecule has 1 atom stereocenters. The predicted octanol–water partition coefficient (Wildman–Crippen LogP) is 4.65. The number of rotatable bonds is 3. The smallest absolute Gasteiger partial charge is 0.142 e. The molecule has 2 heteroatoms. The summed E-state index contributed by atoms with van der Waals surface area (Å²) in [6.45, 7) is 8.45. The Bertz CT molecular complexity index is 643. The van der Waals surface area contributed by atoms with Gasteiger partial charge in [-0.1, -0.05) is 42.2 Å². The number of anilines is 1. The molecule has 0 radical (unpaired) electrons. The van der Waals surface area contributed by atoms with Crippen molar-refractivity contribution >= 4 is 5.82 Å². The molecule has 1 aromatic heterocycles. The van der Waals surface area contributed by atoms with Crippen LogP contribution in [0.5, 0.6) is 0 Å². The van der Waals surface area contributed by atoms with E-state index in [0.717, 1.165) is 11.4 Å². The average molecular weight is 278 g/mol. The summed E-state index contributed by atoms with van der Waals surface area (Å²) in [5.74, 6) is 7.34. The maximum absolute atomic E-state index is 4.43. The van der Waals surface area contributed by atoms with Gasteiger partial charge in [0.2, 0.25) is 0 Å². The van der Waals surface area contributed by atoms with Crippen molar-refractivity contribution in [3.8, 4) is 11.8 Å². The Labute approximate surface area is 127 Å². The third kappa shape index (κ3) is 4.65. The van der Waals surface area contributed by atoms with Crippen LogP contribution < -0.4 is 5.32 Å². The second-order valence-corrected chi connectivity index (χ2v) is 6.18. The second kappa shape index (κ2) is 6.45. The summed E-state index contributed by atoms with van der Waals surface area (Å²) in [6.07, 6.45) is 1.79. The molecule has 2 aromatic rings. The number of hydrogen-bond donors (Lipinski definition) is 1. The Morgan fingerprint density at radius 1 is 1.05 bits per heavy atom. The Morgan fingerprint density at radius 2 is 1.76 bits per heavy atom. The van der Waals surface area contributed by atoms with E-state index in [-0.39, 0.29) is 11.5 Å². The van der Waals surface area contributed by atoms with Crippen LogP contribution in [-0.4, -0.2) is 4.98 Å². The lowest BCUT2D eigenvalue weighted by Crippen LogP contribution is -2.09. The molecule has 0 bridgehead atoms. The fourth-order valence-corrected chi connectivity index (χ4v) is 1.91. The first-order valence-electron chi connectivity index (χ1n) is 7.25. The van der Waals surface area contributed by atoms with Crippen molar-refractivity contribution in [3.05, 3.63) is 59.8 Å². The van der Waals surface area contributed by atoms with E-state index < -0.39 is 0 Å². The number of nitrogens with one attached hydrogen (secondary N) is 1. The highest BCUT2D eigenvalue weighted by molar-refractivity contribution is 5.54. The van der Waals surface area contributed by atoms with Crippen molar-refractivity contribution in [3.63, 3.8) is 0 Å². The first kappa shape index (κ1) is 15.1. The van der Waals surface area contributed by atoms with Crippen molar-refractivity contribution in [1.82, 2.24) is 4.98 Å². The Hall–Kier alpha value is -2.27. The molecule has 0 fully saturated rings. The van der Waals surface area contributed by atoms with Crippen LogP contribution in [0.25, 0.3) is 0 Å². The number of aromatic nitrogens is 1. The van der Waals surface area contributed by atoms with Gasteiger partial charge in [0, 0.05) is 17.7 Å². The second-order valence-electron chi connectivity index (χ2n) is 6.18. The molecule has 108 valence electrons. The lowest BCUT2D eigenvalue weighted by atomic mass is 9.97. The molecule has 0 spiro atoms. The number of hydrogen-bond acceptors (Lipinski definition) is 2. The lowest BCUT2D eigenvalue weighted by Gasteiger charge is -2.16. The molecular formula is C19H22N2. The van der Waals surface area contributed by atoms with E-state index in [1.807, 2.05) is 30.3 Å². The average Bonchev–Trinajstić information content (AvgIpc) is 2.46. The van der Waals surface area contributed by atoms with Crippen LogP contribution in [0.2, 0.25) is 0 Å². The van der Waals surface area contributed by atoms with E-state index in [4.69, 9.17) is 0 Å². The molecule has 0 aliphatic heterocycles. The van der Waals surface area contributed by atoms with Gasteiger partial charge >= 0.3 is 0 Å². The highest BCUT2D eigenvalue weighted by Gasteiger charge is 2.09. The van der Waals surface area contributed by atoms with Gasteiger partial charge in [0.25, 0.3) is 0 Å². The molecule has 21 heavy (non-hydrogen) atoms. The summed E-state index contributed by atoms with van der Waals surface area (Å²) < 4.78 is 0. The van der Waals surface area contributed by atoms with Gasteiger partial charge in [-0.2, -0.15) is 0 Å². The highest BCUT2D eigenvalue weighted by atomic mass is 15.0. The monoisotopic (exact) mass is 278 g/mol. The molecule has 1 N–H and O–H groups in total. The number of nitrogens with zero attached hydrogens (tertiary/aromatic N) is 1. The fourth-order valence-electron chi connectivity index (χ4n) is 1.91. The van der Waals surface area contributed by atoms with Gasteiger partial charge in [0.15, 0.2) is 0 Å². The van der Waals surface area contributed by atoms with Crippen LogP contribution >= 0.6 is 0 Å². The van der Waals surface area contributed by atoms with Crippen molar-refractivity contribution in [2.75, 3.05) is 5.32 Å². The summed E-state index contributed by atoms with van der Waals surface area (Å²) >= 11 is 0. The lowest BCUT2D eigenvalue weighted by molar-refractivity contribution is 0.571. The van der Waals surface area contributed by atoms with Crippen LogP contribution in [0.15, 0.2) is 48.7 Å². The fraction of sp³-hybridized carbons (Fsp3) is 0.316. The maximum atomic E-state index is 4.43. The molecule has 2 nitrogen and oxygen atoms in total. The number of benzene rings is 1. The Morgan fingerprint density at radius 3 is 2.43 bits per heavy atom. The van der Waals surface area contributed by atoms with Gasteiger partial charge in [0.1, 0.15) is 5.82 Å². The standard InChI is InChI=1S/C19H22N2/c1-15(16-9-6-5-7-10-16)21-18-17(11-8-14-20-18)12-13-19(2,3)4/h5-11,14-15H,1-4H3,(H,20,21)/t15-/m0/s1. The van der Waals surface area contributed by atoms with Crippen LogP contribution in [-0.2, 0) is 0 Å². The third-order valence-electron chi connectivity index (χ3n) is 3.03. The first-order chi connectivity index (χ1) is 9.96. The minimum Gasteiger partial charge on any atom is -0.363 e. The molecule has 0 amide bonds. The zero-order valence-electron chi connectivity index (χ0n) is 13.1. The highest BCUT2D eigenvalue weighted by Crippen LogP contribution is 2.20. The quantitative estimate of drug-likeness (QED) is 0.826. The van der Waals surface area contributed by atoms with Crippen LogP contribution in [0, 0.1) is 17.3 Å². The Kier molecular flexibility index (Phi) is 4.65. The van der Waals surface area contributed by atoms with Crippen molar-refractivity contribution in [2.24, 2.45) is 5.41 Å². The van der Waals surface area contributed by atoms with E-state index in [1.54, 1.807) is 6.20 Å². The number of pyridine rings is 1. The van der Waals surface area contributed by atoms with Gasteiger partial charge in [-0.05, 0) is 45.4 Å². The molecule has 1 aromatic carbocycles. The predicted molar refractivity (Wildman–Crippen MR) is 89.0 cm³/mol. The largest absolute Gasteiger partial charge is 0.363 e. The van der Waals surface area contributed by atoms with Crippen molar-refractivity contribution in [2.45, 2.75) is 33.7 Å². The van der Waals surface area contributed by atoms with E-state index in [2.05, 4.69) is 62.0 Å². The summed E-state index contributed by atoms with van der Waals surface area (Å²) in [7, 11) is 0. The van der Waals surface area contributed by atoms with Gasteiger partial charge in [0.05, 0.1) is 5.56 Å². The van der Waals surface area contributed by atoms with Crippen LogP contribution in [0.1, 0.15) is 44.9 Å². The molecule has 0 saturated carbocycles. The van der Waals surface area contributed by atoms with Crippen molar-refractivity contribution in [1.29, 1.82) is 0 Å². The van der Waals surface area contributed by atoms with E-state index in [0.29, 0.717) is 0 Å². The van der Waals surface area contributed by atoms with Gasteiger partial charge in [-0.15, -0.1) is 0 Å². The van der Waals surface area contributed by atoms with Gasteiger partial charge in [-0.3, -0.25) is 0 Å². The summed E-state index contributed by atoms with van der Waals surface area (Å²) in [5.41, 5.74) is 2.16. The zero-order valence-corrected chi connectivity index (χ0v) is 13.1. The van der Waals surface area contributed by atoms with E-state index in [9.17, 15) is 0 Å². The minimum atomic E-state index is -0.0157. The molecule has 0 aliphatic rings. The van der Waals surface area contributed by atoms with Gasteiger partial charge < -0.3 is 5.32 Å². The molecule has 0 unspecified atom stereocenters. The SMILES string of the molecule is C[C@H](Nc1ncccc1C#CC(C)(C)C)c1ccccc1. The zero-order chi connectivity index (χ0) is 15.3. The normalized spacial score (nSPS) is 12.2. The Balaban J connectivity index is 2.22. The maximum Gasteiger partial charge on any atom is 0.142 e. The van der Waals surface area contributed by atoms with Crippen LogP contribution in [0.3, 0.4) is 0 Å². The molecule has 0 saturated heterocycles. The topological polar surface area (TPSA) is 24.9 Å². The van der Waals surface area contributed by atoms with E-state index in [1.165, 1.54) is 5.56 Å². The van der Waals surface area contributed by atoms with Crippen molar-refractivity contribution < 1.29 is 0 Å². The third-order valence-corrected chi connectivity index (χ3v) is 3.03. The van der Waals surface area contributed by atoms with Gasteiger partial charge in [-0.25, -0.2) is 4.98 Å². The minimum absolute atomic E-state index is 0.0157.